The fraction of sp³-hybridized carbons (Fsp3) is 0.667. The van der Waals surface area contributed by atoms with Crippen LogP contribution in [0.5, 0.6) is 0 Å². The van der Waals surface area contributed by atoms with Gasteiger partial charge in [-0.3, -0.25) is 0 Å². The Balaban J connectivity index is 2.71. The maximum absolute atomic E-state index is 3.63. The van der Waals surface area contributed by atoms with Gasteiger partial charge < -0.3 is 5.32 Å². The molecule has 0 aromatic heterocycles. The summed E-state index contributed by atoms with van der Waals surface area (Å²) in [5.74, 6) is 0.724. The van der Waals surface area contributed by atoms with Crippen molar-refractivity contribution in [2.45, 2.75) is 54.4 Å². The average Bonchev–Trinajstić information content (AvgIpc) is 2.33. The van der Waals surface area contributed by atoms with Crippen molar-refractivity contribution < 1.29 is 0 Å². The molecular weight excluding hydrogens is 230 g/mol. The van der Waals surface area contributed by atoms with Gasteiger partial charge in [0.25, 0.3) is 0 Å². The van der Waals surface area contributed by atoms with Crippen molar-refractivity contribution >= 4 is 0 Å². The predicted octanol–water partition coefficient (Wildman–Crippen LogP) is 4.51. The van der Waals surface area contributed by atoms with Gasteiger partial charge >= 0.3 is 0 Å². The molecule has 1 aromatic rings. The van der Waals surface area contributed by atoms with Gasteiger partial charge in [-0.15, -0.1) is 0 Å². The number of rotatable bonds is 7. The van der Waals surface area contributed by atoms with E-state index in [1.807, 2.05) is 0 Å². The number of nitrogens with one attached hydrogen (secondary N) is 1. The van der Waals surface area contributed by atoms with Gasteiger partial charge in [-0.1, -0.05) is 51.5 Å². The van der Waals surface area contributed by atoms with Crippen molar-refractivity contribution in [3.63, 3.8) is 0 Å². The molecule has 0 heterocycles. The topological polar surface area (TPSA) is 12.0 Å². The predicted molar refractivity (Wildman–Crippen MR) is 85.7 cm³/mol. The molecule has 0 saturated heterocycles. The summed E-state index contributed by atoms with van der Waals surface area (Å²) in [6.07, 6.45) is 2.38. The highest BCUT2D eigenvalue weighted by Crippen LogP contribution is 2.27. The number of hydrogen-bond acceptors (Lipinski definition) is 1. The summed E-state index contributed by atoms with van der Waals surface area (Å²) in [5, 5.41) is 3.63. The molecule has 0 aliphatic rings. The normalized spacial score (nSPS) is 14.7. The van der Waals surface area contributed by atoms with Crippen molar-refractivity contribution in [2.24, 2.45) is 11.3 Å². The van der Waals surface area contributed by atoms with E-state index in [4.69, 9.17) is 0 Å². The van der Waals surface area contributed by atoms with Crippen LogP contribution in [0.2, 0.25) is 0 Å². The third kappa shape index (κ3) is 5.36. The standard InChI is InChI=1S/C18H31N/c1-7-18(6,13-19-12-14(2)3)11-17-10-15(4)8-9-16(17)5/h8-10,14,19H,7,11-13H2,1-6H3. The first kappa shape index (κ1) is 16.2. The van der Waals surface area contributed by atoms with Crippen LogP contribution in [0.4, 0.5) is 0 Å². The zero-order chi connectivity index (χ0) is 14.5. The van der Waals surface area contributed by atoms with Crippen molar-refractivity contribution in [3.05, 3.63) is 34.9 Å². The van der Waals surface area contributed by atoms with Gasteiger partial charge in [-0.05, 0) is 55.7 Å². The zero-order valence-electron chi connectivity index (χ0n) is 13.6. The van der Waals surface area contributed by atoms with Gasteiger partial charge in [-0.25, -0.2) is 0 Å². The molecule has 0 aliphatic carbocycles. The highest BCUT2D eigenvalue weighted by atomic mass is 14.9. The Bertz CT molecular complexity index is 395. The molecule has 0 amide bonds. The lowest BCUT2D eigenvalue weighted by molar-refractivity contribution is 0.284. The highest BCUT2D eigenvalue weighted by molar-refractivity contribution is 5.31. The van der Waals surface area contributed by atoms with E-state index < -0.39 is 0 Å². The Morgan fingerprint density at radius 1 is 1.21 bits per heavy atom. The van der Waals surface area contributed by atoms with Crippen LogP contribution in [0.25, 0.3) is 0 Å². The largest absolute Gasteiger partial charge is 0.316 e. The molecule has 0 saturated carbocycles. The molecule has 0 radical (unpaired) electrons. The quantitative estimate of drug-likeness (QED) is 0.761. The van der Waals surface area contributed by atoms with Crippen LogP contribution in [0.1, 0.15) is 50.8 Å². The maximum Gasteiger partial charge on any atom is 0.000836 e. The van der Waals surface area contributed by atoms with Crippen LogP contribution < -0.4 is 5.32 Å². The second-order valence-corrected chi connectivity index (χ2v) is 6.80. The van der Waals surface area contributed by atoms with Gasteiger partial charge in [0, 0.05) is 6.54 Å². The van der Waals surface area contributed by atoms with Crippen LogP contribution in [0.3, 0.4) is 0 Å². The molecule has 1 heteroatoms. The van der Waals surface area contributed by atoms with Gasteiger partial charge in [0.2, 0.25) is 0 Å². The van der Waals surface area contributed by atoms with E-state index >= 15 is 0 Å². The minimum atomic E-state index is 0.355. The van der Waals surface area contributed by atoms with Crippen LogP contribution in [-0.4, -0.2) is 13.1 Å². The Morgan fingerprint density at radius 2 is 1.89 bits per heavy atom. The van der Waals surface area contributed by atoms with E-state index in [-0.39, 0.29) is 0 Å². The molecule has 1 nitrogen and oxygen atoms in total. The van der Waals surface area contributed by atoms with Gasteiger partial charge in [-0.2, -0.15) is 0 Å². The summed E-state index contributed by atoms with van der Waals surface area (Å²) in [7, 11) is 0. The van der Waals surface area contributed by atoms with Crippen LogP contribution in [0, 0.1) is 25.2 Å². The summed E-state index contributed by atoms with van der Waals surface area (Å²) >= 11 is 0. The van der Waals surface area contributed by atoms with E-state index in [1.165, 1.54) is 29.5 Å². The molecule has 108 valence electrons. The Morgan fingerprint density at radius 3 is 2.47 bits per heavy atom. The number of aryl methyl sites for hydroxylation is 2. The molecule has 0 aliphatic heterocycles. The summed E-state index contributed by atoms with van der Waals surface area (Å²) in [6.45, 7) is 15.9. The fourth-order valence-corrected chi connectivity index (χ4v) is 2.43. The van der Waals surface area contributed by atoms with Gasteiger partial charge in [0.05, 0.1) is 0 Å². The lowest BCUT2D eigenvalue weighted by Crippen LogP contribution is -2.35. The summed E-state index contributed by atoms with van der Waals surface area (Å²) in [4.78, 5) is 0. The second-order valence-electron chi connectivity index (χ2n) is 6.80. The van der Waals surface area contributed by atoms with E-state index in [0.717, 1.165) is 19.0 Å². The Kier molecular flexibility index (Phi) is 6.06. The fourth-order valence-electron chi connectivity index (χ4n) is 2.43. The minimum absolute atomic E-state index is 0.355. The van der Waals surface area contributed by atoms with Crippen LogP contribution in [-0.2, 0) is 6.42 Å². The van der Waals surface area contributed by atoms with Gasteiger partial charge in [0.1, 0.15) is 0 Å². The lowest BCUT2D eigenvalue weighted by Gasteiger charge is -2.30. The summed E-state index contributed by atoms with van der Waals surface area (Å²) < 4.78 is 0. The molecular formula is C18H31N. The number of hydrogen-bond donors (Lipinski definition) is 1. The molecule has 1 rings (SSSR count). The third-order valence-corrected chi connectivity index (χ3v) is 4.08. The molecule has 1 unspecified atom stereocenters. The highest BCUT2D eigenvalue weighted by Gasteiger charge is 2.23. The smallest absolute Gasteiger partial charge is 0.000836 e. The first-order valence-electron chi connectivity index (χ1n) is 7.63. The minimum Gasteiger partial charge on any atom is -0.316 e. The van der Waals surface area contributed by atoms with E-state index in [0.29, 0.717) is 5.41 Å². The first-order chi connectivity index (χ1) is 8.86. The Hall–Kier alpha value is -0.820. The van der Waals surface area contributed by atoms with E-state index in [1.54, 1.807) is 0 Å². The Labute approximate surface area is 119 Å². The monoisotopic (exact) mass is 261 g/mol. The molecule has 1 N–H and O–H groups in total. The second kappa shape index (κ2) is 7.09. The average molecular weight is 261 g/mol. The van der Waals surface area contributed by atoms with E-state index in [2.05, 4.69) is 65.1 Å². The lowest BCUT2D eigenvalue weighted by atomic mass is 9.79. The first-order valence-corrected chi connectivity index (χ1v) is 7.63. The summed E-state index contributed by atoms with van der Waals surface area (Å²) in [6, 6.07) is 6.81. The maximum atomic E-state index is 3.63. The molecule has 1 aromatic carbocycles. The SMILES string of the molecule is CCC(C)(CNCC(C)C)Cc1cc(C)ccc1C. The molecule has 1 atom stereocenters. The number of benzene rings is 1. The molecule has 0 bridgehead atoms. The van der Waals surface area contributed by atoms with Crippen molar-refractivity contribution in [2.75, 3.05) is 13.1 Å². The summed E-state index contributed by atoms with van der Waals surface area (Å²) in [5.41, 5.74) is 4.66. The van der Waals surface area contributed by atoms with Crippen LogP contribution >= 0.6 is 0 Å². The van der Waals surface area contributed by atoms with Crippen molar-refractivity contribution in [1.82, 2.24) is 5.32 Å². The molecule has 19 heavy (non-hydrogen) atoms. The van der Waals surface area contributed by atoms with Crippen molar-refractivity contribution in [3.8, 4) is 0 Å². The zero-order valence-corrected chi connectivity index (χ0v) is 13.6. The van der Waals surface area contributed by atoms with Crippen molar-refractivity contribution in [1.29, 1.82) is 0 Å². The van der Waals surface area contributed by atoms with Crippen LogP contribution in [0.15, 0.2) is 18.2 Å². The van der Waals surface area contributed by atoms with E-state index in [9.17, 15) is 0 Å². The molecule has 0 fully saturated rings. The third-order valence-electron chi connectivity index (χ3n) is 4.08. The molecule has 0 spiro atoms. The van der Waals surface area contributed by atoms with Gasteiger partial charge in [0.15, 0.2) is 0 Å².